The zero-order valence-electron chi connectivity index (χ0n) is 45.1. The molecule has 5 rings (SSSR count). The Hall–Kier alpha value is -6.79. The van der Waals surface area contributed by atoms with E-state index in [1.165, 1.54) is 16.8 Å². The molecule has 17 nitrogen and oxygen atoms in total. The molecule has 1 aromatic heterocycles. The van der Waals surface area contributed by atoms with Crippen LogP contribution < -0.4 is 20.7 Å². The average molecular weight is 1080 g/mol. The maximum atomic E-state index is 14.7. The van der Waals surface area contributed by atoms with E-state index in [1.807, 2.05) is 81.9 Å². The minimum atomic E-state index is -1.40. The van der Waals surface area contributed by atoms with Gasteiger partial charge in [0.1, 0.15) is 29.0 Å². The number of nitrogens with zero attached hydrogens (tertiary/aromatic N) is 5. The number of nitrogens with one attached hydrogen (secondary N) is 3. The highest BCUT2D eigenvalue weighted by molar-refractivity contribution is 6.31. The van der Waals surface area contributed by atoms with Gasteiger partial charge in [-0.15, -0.1) is 0 Å². The third kappa shape index (κ3) is 18.5. The summed E-state index contributed by atoms with van der Waals surface area (Å²) in [5, 5.41) is 19.4. The van der Waals surface area contributed by atoms with Crippen molar-refractivity contribution in [3.8, 4) is 22.8 Å². The van der Waals surface area contributed by atoms with E-state index in [9.17, 15) is 33.9 Å². The molecule has 0 aliphatic rings. The largest absolute Gasteiger partial charge is 0.481 e. The van der Waals surface area contributed by atoms with Gasteiger partial charge < -0.3 is 49.8 Å². The van der Waals surface area contributed by atoms with Crippen LogP contribution in [0.4, 0.5) is 0 Å². The Kier molecular flexibility index (Phi) is 22.0. The van der Waals surface area contributed by atoms with Crippen LogP contribution in [-0.2, 0) is 66.5 Å². The minimum Gasteiger partial charge on any atom is -0.481 e. The van der Waals surface area contributed by atoms with Gasteiger partial charge in [-0.05, 0) is 121 Å². The first-order valence-electron chi connectivity index (χ1n) is 25.1. The summed E-state index contributed by atoms with van der Waals surface area (Å²) in [6, 6.07) is 25.3. The van der Waals surface area contributed by atoms with Gasteiger partial charge in [0.2, 0.25) is 23.6 Å². The molecule has 19 heteroatoms. The summed E-state index contributed by atoms with van der Waals surface area (Å²) in [6.45, 7) is 9.34. The van der Waals surface area contributed by atoms with Gasteiger partial charge in [0.25, 0.3) is 0 Å². The lowest BCUT2D eigenvalue weighted by molar-refractivity contribution is -0.157. The standard InChI is InChI=1S/C57H72Cl2N8O9/c1-36(65(8)55(73)42(28-52(69)70)26-38-14-12-11-13-15-38)32-62-51(68)30-45(27-39-16-21-43(58)22-17-39)66(9)56(74)47(31-53(71)76-57(3,4)5)63-54(72)37(2)60-33-41-18-23-44(59)29-49(41)75-46-24-19-40(20-25-46)48-34-61-50(67(48)10)35-64(6)7/h11-25,29,34,36-37,42,45,47,60H,26-28,30-33,35H2,1-10H3,(H,62,68)(H,63,72)(H,69,70)/t36-,37-,42+,45-,47-/m0/s1. The fourth-order valence-electron chi connectivity index (χ4n) is 8.35. The normalized spacial score (nSPS) is 13.4. The topological polar surface area (TPSA) is 205 Å². The Bertz CT molecular complexity index is 2770. The summed E-state index contributed by atoms with van der Waals surface area (Å²) < 4.78 is 14.0. The van der Waals surface area contributed by atoms with E-state index in [4.69, 9.17) is 32.7 Å². The Balaban J connectivity index is 1.28. The third-order valence-corrected chi connectivity index (χ3v) is 13.2. The van der Waals surface area contributed by atoms with Crippen LogP contribution in [-0.4, -0.2) is 129 Å². The van der Waals surface area contributed by atoms with Crippen molar-refractivity contribution in [3.63, 3.8) is 0 Å². The fraction of sp³-hybridized carbons (Fsp3) is 0.421. The summed E-state index contributed by atoms with van der Waals surface area (Å²) in [4.78, 5) is 90.8. The van der Waals surface area contributed by atoms with Crippen LogP contribution in [0.25, 0.3) is 11.3 Å². The molecule has 4 amide bonds. The van der Waals surface area contributed by atoms with Gasteiger partial charge in [-0.25, -0.2) is 4.98 Å². The highest BCUT2D eigenvalue weighted by Gasteiger charge is 2.34. The summed E-state index contributed by atoms with van der Waals surface area (Å²) in [7, 11) is 9.04. The van der Waals surface area contributed by atoms with Crippen LogP contribution >= 0.6 is 23.2 Å². The van der Waals surface area contributed by atoms with E-state index in [0.29, 0.717) is 33.7 Å². The van der Waals surface area contributed by atoms with Crippen LogP contribution in [0.2, 0.25) is 10.0 Å². The number of halogens is 2. The first-order valence-corrected chi connectivity index (χ1v) is 25.9. The first-order chi connectivity index (χ1) is 35.9. The van der Waals surface area contributed by atoms with Crippen molar-refractivity contribution in [2.24, 2.45) is 13.0 Å². The van der Waals surface area contributed by atoms with E-state index in [-0.39, 0.29) is 44.7 Å². The van der Waals surface area contributed by atoms with Crippen LogP contribution in [0.15, 0.2) is 103 Å². The van der Waals surface area contributed by atoms with Crippen molar-refractivity contribution in [2.75, 3.05) is 34.7 Å². The quantitative estimate of drug-likeness (QED) is 0.0394. The minimum absolute atomic E-state index is 0.0294. The lowest BCUT2D eigenvalue weighted by atomic mass is 9.94. The first kappa shape index (κ1) is 60.1. The Morgan fingerprint density at radius 3 is 2.05 bits per heavy atom. The summed E-state index contributed by atoms with van der Waals surface area (Å²) in [5.41, 5.74) is 3.30. The van der Waals surface area contributed by atoms with Crippen molar-refractivity contribution < 1.29 is 43.3 Å². The number of likely N-dealkylation sites (N-methyl/N-ethyl adjacent to an activating group) is 2. The van der Waals surface area contributed by atoms with Gasteiger partial charge in [-0.2, -0.15) is 0 Å². The number of esters is 1. The van der Waals surface area contributed by atoms with Gasteiger partial charge in [-0.1, -0.05) is 71.7 Å². The lowest BCUT2D eigenvalue weighted by Gasteiger charge is -2.33. The molecule has 0 aliphatic heterocycles. The molecule has 0 bridgehead atoms. The molecule has 4 aromatic carbocycles. The van der Waals surface area contributed by atoms with Crippen LogP contribution in [0.3, 0.4) is 0 Å². The van der Waals surface area contributed by atoms with Crippen molar-refractivity contribution in [3.05, 3.63) is 136 Å². The molecular formula is C57H72Cl2N8O9. The predicted octanol–water partition coefficient (Wildman–Crippen LogP) is 7.70. The number of carboxylic acids is 1. The summed E-state index contributed by atoms with van der Waals surface area (Å²) in [5.74, 6) is -2.74. The number of aliphatic carboxylic acids is 1. The molecule has 0 saturated carbocycles. The highest BCUT2D eigenvalue weighted by atomic mass is 35.5. The van der Waals surface area contributed by atoms with Gasteiger partial charge in [0, 0.05) is 73.9 Å². The van der Waals surface area contributed by atoms with Crippen LogP contribution in [0.5, 0.6) is 11.5 Å². The zero-order valence-corrected chi connectivity index (χ0v) is 46.6. The summed E-state index contributed by atoms with van der Waals surface area (Å²) >= 11 is 12.6. The molecule has 5 aromatic rings. The van der Waals surface area contributed by atoms with Gasteiger partial charge in [-0.3, -0.25) is 28.8 Å². The van der Waals surface area contributed by atoms with Gasteiger partial charge in [0.05, 0.1) is 43.2 Å². The SMILES string of the molecule is C[C@H](NCc1ccc(Cl)cc1Oc1ccc(-c2cnc(CN(C)C)n2C)cc1)C(=O)N[C@@H](CC(=O)OC(C)(C)C)C(=O)N(C)[C@H](CC(=O)NC[C@H](C)N(C)C(=O)[C@@H](CC(=O)O)Cc1ccccc1)Cc1ccc(Cl)cc1. The van der Waals surface area contributed by atoms with Crippen LogP contribution in [0.1, 0.15) is 76.4 Å². The van der Waals surface area contributed by atoms with E-state index in [1.54, 1.807) is 84.1 Å². The smallest absolute Gasteiger partial charge is 0.308 e. The molecule has 0 radical (unpaired) electrons. The number of aromatic nitrogens is 2. The molecule has 0 aliphatic carbocycles. The second-order valence-electron chi connectivity index (χ2n) is 20.4. The number of imidazole rings is 1. The molecule has 0 unspecified atom stereocenters. The van der Waals surface area contributed by atoms with Crippen molar-refractivity contribution in [1.29, 1.82) is 0 Å². The number of hydrogen-bond acceptors (Lipinski definition) is 11. The molecule has 76 heavy (non-hydrogen) atoms. The molecule has 0 spiro atoms. The van der Waals surface area contributed by atoms with Crippen molar-refractivity contribution in [1.82, 2.24) is 40.2 Å². The maximum Gasteiger partial charge on any atom is 0.308 e. The number of carboxylic acid groups (broad SMARTS) is 1. The molecular weight excluding hydrogens is 1010 g/mol. The van der Waals surface area contributed by atoms with E-state index in [0.717, 1.165) is 28.2 Å². The molecule has 0 fully saturated rings. The van der Waals surface area contributed by atoms with E-state index >= 15 is 0 Å². The number of rotatable bonds is 26. The number of hydrogen-bond donors (Lipinski definition) is 4. The number of ether oxygens (including phenoxy) is 2. The highest BCUT2D eigenvalue weighted by Crippen LogP contribution is 2.31. The number of amides is 4. The van der Waals surface area contributed by atoms with Gasteiger partial charge >= 0.3 is 11.9 Å². The second kappa shape index (κ2) is 27.8. The lowest BCUT2D eigenvalue weighted by Crippen LogP contribution is -2.55. The number of carbonyl (C=O) groups excluding carboxylic acids is 5. The van der Waals surface area contributed by atoms with Gasteiger partial charge in [0.15, 0.2) is 0 Å². The van der Waals surface area contributed by atoms with Crippen LogP contribution in [0, 0.1) is 5.92 Å². The number of carbonyl (C=O) groups is 6. The van der Waals surface area contributed by atoms with E-state index < -0.39 is 71.8 Å². The molecule has 1 heterocycles. The maximum absolute atomic E-state index is 14.7. The summed E-state index contributed by atoms with van der Waals surface area (Å²) in [6.07, 6.45) is 1.20. The molecule has 5 atom stereocenters. The predicted molar refractivity (Wildman–Crippen MR) is 294 cm³/mol. The number of benzene rings is 4. The molecule has 0 saturated heterocycles. The van der Waals surface area contributed by atoms with Crippen molar-refractivity contribution in [2.45, 2.75) is 110 Å². The Morgan fingerprint density at radius 2 is 1.42 bits per heavy atom. The van der Waals surface area contributed by atoms with E-state index in [2.05, 4.69) is 30.4 Å². The van der Waals surface area contributed by atoms with Crippen molar-refractivity contribution >= 4 is 58.8 Å². The zero-order chi connectivity index (χ0) is 55.9. The monoisotopic (exact) mass is 1080 g/mol. The Morgan fingerprint density at radius 1 is 0.776 bits per heavy atom. The molecule has 4 N–H and O–H groups in total. The second-order valence-corrected chi connectivity index (χ2v) is 21.3. The Labute approximate surface area is 456 Å². The fourth-order valence-corrected chi connectivity index (χ4v) is 8.64. The molecule has 408 valence electrons. The third-order valence-electron chi connectivity index (χ3n) is 12.7. The average Bonchev–Trinajstić information content (AvgIpc) is 3.72.